The van der Waals surface area contributed by atoms with Crippen LogP contribution >= 0.6 is 0 Å². The van der Waals surface area contributed by atoms with E-state index in [1.54, 1.807) is 0 Å². The number of hydrogen-bond acceptors (Lipinski definition) is 3. The zero-order valence-electron chi connectivity index (χ0n) is 8.35. The minimum absolute atomic E-state index is 0.208. The van der Waals surface area contributed by atoms with E-state index in [0.29, 0.717) is 0 Å². The molecule has 0 fully saturated rings. The molecule has 1 aromatic carbocycles. The van der Waals surface area contributed by atoms with Gasteiger partial charge >= 0.3 is 5.97 Å². The zero-order valence-corrected chi connectivity index (χ0v) is 8.35. The lowest BCUT2D eigenvalue weighted by molar-refractivity contribution is -0.147. The number of rotatable bonds is 4. The van der Waals surface area contributed by atoms with Crippen molar-refractivity contribution in [1.82, 2.24) is 0 Å². The van der Waals surface area contributed by atoms with E-state index in [9.17, 15) is 18.7 Å². The molecule has 0 bridgehead atoms. The third-order valence-electron chi connectivity index (χ3n) is 2.06. The average molecular weight is 232 g/mol. The Kier molecular flexibility index (Phi) is 3.78. The summed E-state index contributed by atoms with van der Waals surface area (Å²) in [5, 5.41) is 17.8. The molecule has 0 radical (unpaired) electrons. The molecular weight excluding hydrogens is 222 g/mol. The number of ether oxygens (including phenoxy) is 1. The number of halogens is 2. The summed E-state index contributed by atoms with van der Waals surface area (Å²) in [6.07, 6.45) is -4.84. The summed E-state index contributed by atoms with van der Waals surface area (Å²) in [6, 6.07) is 3.39. The maximum absolute atomic E-state index is 12.5. The molecule has 88 valence electrons. The number of carboxylic acids is 1. The highest BCUT2D eigenvalue weighted by Gasteiger charge is 2.24. The lowest BCUT2D eigenvalue weighted by Crippen LogP contribution is -2.13. The summed E-state index contributed by atoms with van der Waals surface area (Å²) in [5.41, 5.74) is -0.877. The second-order valence-electron chi connectivity index (χ2n) is 3.04. The average Bonchev–Trinajstić information content (AvgIpc) is 2.26. The van der Waals surface area contributed by atoms with Gasteiger partial charge < -0.3 is 14.9 Å². The van der Waals surface area contributed by atoms with Gasteiger partial charge in [-0.2, -0.15) is 0 Å². The van der Waals surface area contributed by atoms with Gasteiger partial charge in [-0.1, -0.05) is 0 Å². The second-order valence-corrected chi connectivity index (χ2v) is 3.04. The Morgan fingerprint density at radius 1 is 1.38 bits per heavy atom. The number of aliphatic hydroxyl groups is 1. The largest absolute Gasteiger partial charge is 0.497 e. The van der Waals surface area contributed by atoms with Crippen LogP contribution in [0.25, 0.3) is 0 Å². The molecule has 0 saturated heterocycles. The molecule has 1 unspecified atom stereocenters. The van der Waals surface area contributed by atoms with Crippen molar-refractivity contribution in [3.8, 4) is 5.75 Å². The Morgan fingerprint density at radius 3 is 2.44 bits per heavy atom. The minimum Gasteiger partial charge on any atom is -0.497 e. The molecule has 0 amide bonds. The first-order valence-corrected chi connectivity index (χ1v) is 4.34. The number of carboxylic acid groups (broad SMARTS) is 1. The zero-order chi connectivity index (χ0) is 12.3. The van der Waals surface area contributed by atoms with Crippen molar-refractivity contribution in [2.45, 2.75) is 12.5 Å². The first-order valence-electron chi connectivity index (χ1n) is 4.34. The molecule has 4 nitrogen and oxygen atoms in total. The highest BCUT2D eigenvalue weighted by atomic mass is 19.3. The fourth-order valence-electron chi connectivity index (χ4n) is 1.25. The van der Waals surface area contributed by atoms with Gasteiger partial charge in [0.2, 0.25) is 0 Å². The monoisotopic (exact) mass is 232 g/mol. The number of aliphatic carboxylic acids is 1. The van der Waals surface area contributed by atoms with E-state index in [-0.39, 0.29) is 11.3 Å². The molecule has 6 heteroatoms. The number of aliphatic hydroxyl groups excluding tert-OH is 1. The Labute approximate surface area is 90.1 Å². The summed E-state index contributed by atoms with van der Waals surface area (Å²) in [7, 11) is 1.31. The van der Waals surface area contributed by atoms with E-state index in [4.69, 9.17) is 9.84 Å². The van der Waals surface area contributed by atoms with Crippen LogP contribution in [0.1, 0.15) is 23.7 Å². The van der Waals surface area contributed by atoms with Crippen LogP contribution in [0.15, 0.2) is 18.2 Å². The van der Waals surface area contributed by atoms with Gasteiger partial charge in [-0.05, 0) is 18.2 Å². The van der Waals surface area contributed by atoms with Crippen LogP contribution < -0.4 is 4.74 Å². The van der Waals surface area contributed by atoms with Crippen molar-refractivity contribution in [1.29, 1.82) is 0 Å². The molecule has 0 aliphatic heterocycles. The minimum atomic E-state index is -2.85. The highest BCUT2D eigenvalue weighted by Crippen LogP contribution is 2.30. The highest BCUT2D eigenvalue weighted by molar-refractivity contribution is 5.74. The smallest absolute Gasteiger partial charge is 0.337 e. The van der Waals surface area contributed by atoms with Crippen LogP contribution in [0, 0.1) is 0 Å². The molecule has 0 spiro atoms. The van der Waals surface area contributed by atoms with E-state index >= 15 is 0 Å². The lowest BCUT2D eigenvalue weighted by atomic mass is 10.0. The third-order valence-corrected chi connectivity index (χ3v) is 2.06. The van der Waals surface area contributed by atoms with Crippen LogP contribution in [0.2, 0.25) is 0 Å². The molecule has 0 aromatic heterocycles. The predicted molar refractivity (Wildman–Crippen MR) is 50.5 cm³/mol. The number of methoxy groups -OCH3 is 1. The van der Waals surface area contributed by atoms with Gasteiger partial charge in [-0.15, -0.1) is 0 Å². The number of alkyl halides is 2. The number of carbonyl (C=O) groups is 1. The Bertz CT molecular complexity index is 392. The van der Waals surface area contributed by atoms with Crippen molar-refractivity contribution < 1.29 is 28.5 Å². The van der Waals surface area contributed by atoms with E-state index in [1.807, 2.05) is 0 Å². The molecule has 0 aliphatic rings. The van der Waals surface area contributed by atoms with Crippen molar-refractivity contribution in [2.75, 3.05) is 7.11 Å². The SMILES string of the molecule is COc1ccc(C(F)F)c(C(O)C(=O)O)c1. The number of hydrogen-bond donors (Lipinski definition) is 2. The van der Waals surface area contributed by atoms with Crippen LogP contribution in [0.3, 0.4) is 0 Å². The van der Waals surface area contributed by atoms with Gasteiger partial charge in [-0.3, -0.25) is 0 Å². The van der Waals surface area contributed by atoms with Gasteiger partial charge in [0.15, 0.2) is 6.10 Å². The predicted octanol–water partition coefficient (Wildman–Crippen LogP) is 1.75. The fourth-order valence-corrected chi connectivity index (χ4v) is 1.25. The molecule has 0 saturated carbocycles. The molecule has 1 aromatic rings. The van der Waals surface area contributed by atoms with Gasteiger partial charge in [0, 0.05) is 11.1 Å². The molecule has 16 heavy (non-hydrogen) atoms. The van der Waals surface area contributed by atoms with Crippen molar-refractivity contribution >= 4 is 5.97 Å². The fraction of sp³-hybridized carbons (Fsp3) is 0.300. The Morgan fingerprint density at radius 2 is 2.00 bits per heavy atom. The van der Waals surface area contributed by atoms with Gasteiger partial charge in [0.05, 0.1) is 7.11 Å². The van der Waals surface area contributed by atoms with E-state index in [2.05, 4.69) is 0 Å². The molecule has 0 heterocycles. The standard InChI is InChI=1S/C10H10F2O4/c1-16-5-2-3-6(9(11)12)7(4-5)8(13)10(14)15/h2-4,8-9,13H,1H3,(H,14,15). The summed E-state index contributed by atoms with van der Waals surface area (Å²) in [4.78, 5) is 10.5. The van der Waals surface area contributed by atoms with E-state index in [1.165, 1.54) is 13.2 Å². The Balaban J connectivity index is 3.25. The molecule has 0 aliphatic carbocycles. The summed E-state index contributed by atoms with van der Waals surface area (Å²) < 4.78 is 29.9. The maximum Gasteiger partial charge on any atom is 0.337 e. The normalized spacial score (nSPS) is 12.6. The summed E-state index contributed by atoms with van der Waals surface area (Å²) in [5.74, 6) is -1.38. The van der Waals surface area contributed by atoms with E-state index < -0.39 is 24.1 Å². The molecule has 1 rings (SSSR count). The maximum atomic E-state index is 12.5. The van der Waals surface area contributed by atoms with Gasteiger partial charge in [0.1, 0.15) is 5.75 Å². The van der Waals surface area contributed by atoms with Crippen LogP contribution in [0.4, 0.5) is 8.78 Å². The van der Waals surface area contributed by atoms with Crippen molar-refractivity contribution in [3.63, 3.8) is 0 Å². The molecule has 2 N–H and O–H groups in total. The van der Waals surface area contributed by atoms with Crippen LogP contribution in [-0.2, 0) is 4.79 Å². The first kappa shape index (κ1) is 12.4. The van der Waals surface area contributed by atoms with Crippen molar-refractivity contribution in [2.24, 2.45) is 0 Å². The summed E-state index contributed by atoms with van der Waals surface area (Å²) >= 11 is 0. The molecular formula is C10H10F2O4. The van der Waals surface area contributed by atoms with Crippen LogP contribution in [0.5, 0.6) is 5.75 Å². The number of benzene rings is 1. The first-order chi connectivity index (χ1) is 7.47. The lowest BCUT2D eigenvalue weighted by Gasteiger charge is -2.13. The third kappa shape index (κ3) is 2.46. The Hall–Kier alpha value is -1.69. The summed E-state index contributed by atoms with van der Waals surface area (Å²) in [6.45, 7) is 0. The molecule has 1 atom stereocenters. The van der Waals surface area contributed by atoms with Crippen LogP contribution in [-0.4, -0.2) is 23.3 Å². The topological polar surface area (TPSA) is 66.8 Å². The van der Waals surface area contributed by atoms with Gasteiger partial charge in [-0.25, -0.2) is 13.6 Å². The second kappa shape index (κ2) is 4.89. The quantitative estimate of drug-likeness (QED) is 0.829. The van der Waals surface area contributed by atoms with Gasteiger partial charge in [0.25, 0.3) is 6.43 Å². The van der Waals surface area contributed by atoms with Crippen molar-refractivity contribution in [3.05, 3.63) is 29.3 Å². The van der Waals surface area contributed by atoms with E-state index in [0.717, 1.165) is 12.1 Å².